The number of nitrogens with zero attached hydrogens (tertiary/aromatic N) is 3. The van der Waals surface area contributed by atoms with Crippen LogP contribution in [0.25, 0.3) is 0 Å². The molecule has 0 spiro atoms. The van der Waals surface area contributed by atoms with Gasteiger partial charge >= 0.3 is 0 Å². The lowest BCUT2D eigenvalue weighted by Crippen LogP contribution is -2.49. The zero-order chi connectivity index (χ0) is 18.7. The number of nitro benzene ring substituents is 1. The highest BCUT2D eigenvalue weighted by atomic mass is 79.9. The summed E-state index contributed by atoms with van der Waals surface area (Å²) in [7, 11) is 0. The average Bonchev–Trinajstić information content (AvgIpc) is 2.63. The molecule has 2 aromatic carbocycles. The standard InChI is InChI=1S/C18H17BrFN3O3/c19-14-3-6-16(17(12-14)23(25)26)21-7-9-22(10-8-21)18(24)11-13-1-4-15(20)5-2-13/h1-6,12H,7-11H2. The molecule has 0 atom stereocenters. The van der Waals surface area contributed by atoms with Crippen LogP contribution in [0.3, 0.4) is 0 Å². The van der Waals surface area contributed by atoms with E-state index in [-0.39, 0.29) is 23.8 Å². The monoisotopic (exact) mass is 421 g/mol. The molecule has 2 aromatic rings. The van der Waals surface area contributed by atoms with E-state index >= 15 is 0 Å². The molecule has 0 aromatic heterocycles. The van der Waals surface area contributed by atoms with Crippen LogP contribution in [0.15, 0.2) is 46.9 Å². The Kier molecular flexibility index (Phi) is 5.51. The van der Waals surface area contributed by atoms with Crippen LogP contribution in [0.1, 0.15) is 5.56 Å². The minimum atomic E-state index is -0.397. The molecule has 0 bridgehead atoms. The SMILES string of the molecule is O=C(Cc1ccc(F)cc1)N1CCN(c2ccc(Br)cc2[N+](=O)[O-])CC1. The van der Waals surface area contributed by atoms with Crippen molar-refractivity contribution in [3.05, 3.63) is 68.4 Å². The van der Waals surface area contributed by atoms with Crippen molar-refractivity contribution in [2.24, 2.45) is 0 Å². The maximum Gasteiger partial charge on any atom is 0.293 e. The molecule has 1 fully saturated rings. The molecule has 1 aliphatic rings. The Morgan fingerprint density at radius 1 is 1.12 bits per heavy atom. The maximum absolute atomic E-state index is 12.9. The number of rotatable bonds is 4. The van der Waals surface area contributed by atoms with E-state index in [1.165, 1.54) is 18.2 Å². The number of benzene rings is 2. The fourth-order valence-electron chi connectivity index (χ4n) is 3.00. The Balaban J connectivity index is 1.63. The Labute approximate surface area is 158 Å². The van der Waals surface area contributed by atoms with Crippen LogP contribution in [-0.2, 0) is 11.2 Å². The molecule has 1 saturated heterocycles. The largest absolute Gasteiger partial charge is 0.362 e. The summed E-state index contributed by atoms with van der Waals surface area (Å²) in [6, 6.07) is 10.9. The van der Waals surface area contributed by atoms with Gasteiger partial charge in [-0.2, -0.15) is 0 Å². The Morgan fingerprint density at radius 3 is 2.38 bits per heavy atom. The van der Waals surface area contributed by atoms with Gasteiger partial charge in [-0.05, 0) is 29.8 Å². The van der Waals surface area contributed by atoms with Crippen LogP contribution in [0, 0.1) is 15.9 Å². The van der Waals surface area contributed by atoms with Crippen molar-refractivity contribution in [1.82, 2.24) is 4.90 Å². The fraction of sp³-hybridized carbons (Fsp3) is 0.278. The third-order valence-corrected chi connectivity index (χ3v) is 4.87. The number of carbonyl (C=O) groups is 1. The van der Waals surface area contributed by atoms with Crippen LogP contribution in [0.5, 0.6) is 0 Å². The Morgan fingerprint density at radius 2 is 1.77 bits per heavy atom. The molecule has 0 radical (unpaired) electrons. The Hall–Kier alpha value is -2.48. The molecule has 8 heteroatoms. The van der Waals surface area contributed by atoms with Crippen molar-refractivity contribution in [2.75, 3.05) is 31.1 Å². The smallest absolute Gasteiger partial charge is 0.293 e. The number of amides is 1. The summed E-state index contributed by atoms with van der Waals surface area (Å²) in [4.78, 5) is 27.0. The van der Waals surface area contributed by atoms with E-state index in [9.17, 15) is 19.3 Å². The van der Waals surface area contributed by atoms with Crippen molar-refractivity contribution in [1.29, 1.82) is 0 Å². The first-order valence-corrected chi connectivity index (χ1v) is 8.94. The minimum Gasteiger partial charge on any atom is -0.362 e. The van der Waals surface area contributed by atoms with Gasteiger partial charge in [0.15, 0.2) is 0 Å². The predicted octanol–water partition coefficient (Wildman–Crippen LogP) is 3.39. The third kappa shape index (κ3) is 4.19. The molecule has 1 amide bonds. The fourth-order valence-corrected chi connectivity index (χ4v) is 3.34. The zero-order valence-corrected chi connectivity index (χ0v) is 15.5. The van der Waals surface area contributed by atoms with Crippen molar-refractivity contribution in [3.63, 3.8) is 0 Å². The van der Waals surface area contributed by atoms with E-state index in [1.807, 2.05) is 4.90 Å². The normalized spacial score (nSPS) is 14.4. The quantitative estimate of drug-likeness (QED) is 0.560. The molecule has 0 aliphatic carbocycles. The number of piperazine rings is 1. The molecular weight excluding hydrogens is 405 g/mol. The molecule has 1 aliphatic heterocycles. The number of halogens is 2. The minimum absolute atomic E-state index is 0.0263. The summed E-state index contributed by atoms with van der Waals surface area (Å²) < 4.78 is 13.6. The topological polar surface area (TPSA) is 66.7 Å². The molecule has 3 rings (SSSR count). The summed E-state index contributed by atoms with van der Waals surface area (Å²) in [5, 5.41) is 11.3. The van der Waals surface area contributed by atoms with Gasteiger partial charge in [0.1, 0.15) is 11.5 Å². The van der Waals surface area contributed by atoms with E-state index < -0.39 is 4.92 Å². The van der Waals surface area contributed by atoms with Crippen LogP contribution >= 0.6 is 15.9 Å². The molecule has 136 valence electrons. The molecular formula is C18H17BrFN3O3. The van der Waals surface area contributed by atoms with E-state index in [2.05, 4.69) is 15.9 Å². The number of carbonyl (C=O) groups excluding carboxylic acids is 1. The highest BCUT2D eigenvalue weighted by Crippen LogP contribution is 2.31. The number of anilines is 1. The van der Waals surface area contributed by atoms with E-state index in [4.69, 9.17) is 0 Å². The number of hydrogen-bond acceptors (Lipinski definition) is 4. The summed E-state index contributed by atoms with van der Waals surface area (Å²) in [6.45, 7) is 2.04. The van der Waals surface area contributed by atoms with Crippen LogP contribution < -0.4 is 4.90 Å². The lowest BCUT2D eigenvalue weighted by atomic mass is 10.1. The maximum atomic E-state index is 12.9. The summed E-state index contributed by atoms with van der Waals surface area (Å²) in [5.41, 5.74) is 1.37. The second-order valence-corrected chi connectivity index (χ2v) is 6.98. The van der Waals surface area contributed by atoms with E-state index in [0.717, 1.165) is 5.56 Å². The van der Waals surface area contributed by atoms with E-state index in [1.54, 1.807) is 29.2 Å². The molecule has 0 unspecified atom stereocenters. The zero-order valence-electron chi connectivity index (χ0n) is 13.9. The lowest BCUT2D eigenvalue weighted by Gasteiger charge is -2.36. The van der Waals surface area contributed by atoms with Crippen molar-refractivity contribution >= 4 is 33.2 Å². The van der Waals surface area contributed by atoms with Gasteiger partial charge in [-0.3, -0.25) is 14.9 Å². The molecule has 0 saturated carbocycles. The van der Waals surface area contributed by atoms with Gasteiger partial charge in [0.2, 0.25) is 5.91 Å². The van der Waals surface area contributed by atoms with Gasteiger partial charge in [0.05, 0.1) is 11.3 Å². The molecule has 0 N–H and O–H groups in total. The highest BCUT2D eigenvalue weighted by molar-refractivity contribution is 9.10. The van der Waals surface area contributed by atoms with Crippen LogP contribution in [0.4, 0.5) is 15.8 Å². The highest BCUT2D eigenvalue weighted by Gasteiger charge is 2.25. The van der Waals surface area contributed by atoms with Gasteiger partial charge in [-0.25, -0.2) is 4.39 Å². The van der Waals surface area contributed by atoms with Gasteiger partial charge in [0.25, 0.3) is 5.69 Å². The molecule has 1 heterocycles. The van der Waals surface area contributed by atoms with Crippen molar-refractivity contribution < 1.29 is 14.1 Å². The summed E-state index contributed by atoms with van der Waals surface area (Å²) in [6.07, 6.45) is 0.221. The van der Waals surface area contributed by atoms with Crippen molar-refractivity contribution in [3.8, 4) is 0 Å². The summed E-state index contributed by atoms with van der Waals surface area (Å²) in [5.74, 6) is -0.354. The van der Waals surface area contributed by atoms with E-state index in [0.29, 0.717) is 36.3 Å². The first-order chi connectivity index (χ1) is 12.4. The van der Waals surface area contributed by atoms with Crippen molar-refractivity contribution in [2.45, 2.75) is 6.42 Å². The van der Waals surface area contributed by atoms with Gasteiger partial charge in [0, 0.05) is 36.7 Å². The first-order valence-electron chi connectivity index (χ1n) is 8.15. The predicted molar refractivity (Wildman–Crippen MR) is 99.7 cm³/mol. The van der Waals surface area contributed by atoms with Gasteiger partial charge < -0.3 is 9.80 Å². The number of nitro groups is 1. The first kappa shape index (κ1) is 18.3. The van der Waals surface area contributed by atoms with Gasteiger partial charge in [-0.15, -0.1) is 0 Å². The van der Waals surface area contributed by atoms with Gasteiger partial charge in [-0.1, -0.05) is 28.1 Å². The lowest BCUT2D eigenvalue weighted by molar-refractivity contribution is -0.384. The third-order valence-electron chi connectivity index (χ3n) is 4.38. The Bertz CT molecular complexity index is 821. The number of hydrogen-bond donors (Lipinski definition) is 0. The second kappa shape index (κ2) is 7.82. The molecule has 26 heavy (non-hydrogen) atoms. The molecule has 6 nitrogen and oxygen atoms in total. The summed E-state index contributed by atoms with van der Waals surface area (Å²) >= 11 is 3.25. The van der Waals surface area contributed by atoms with Crippen LogP contribution in [0.2, 0.25) is 0 Å². The average molecular weight is 422 g/mol. The second-order valence-electron chi connectivity index (χ2n) is 6.06. The van der Waals surface area contributed by atoms with Crippen LogP contribution in [-0.4, -0.2) is 41.9 Å².